The first kappa shape index (κ1) is 15.7. The average molecular weight is 318 g/mol. The van der Waals surface area contributed by atoms with E-state index in [0.717, 1.165) is 0 Å². The SMILES string of the molecule is COC1=NC2CC([N+](=O)[O-])C(C)C(C(=O)Cl)C2N=C1OC. The molecule has 0 aromatic heterocycles. The summed E-state index contributed by atoms with van der Waals surface area (Å²) in [6.07, 6.45) is 0.187. The molecule has 2 rings (SSSR count). The van der Waals surface area contributed by atoms with Crippen LogP contribution in [0.3, 0.4) is 0 Å². The number of hydrogen-bond donors (Lipinski definition) is 0. The molecule has 2 aliphatic rings. The Balaban J connectivity index is 2.42. The van der Waals surface area contributed by atoms with E-state index in [0.29, 0.717) is 0 Å². The molecule has 5 unspecified atom stereocenters. The van der Waals surface area contributed by atoms with Gasteiger partial charge in [-0.3, -0.25) is 14.9 Å². The summed E-state index contributed by atoms with van der Waals surface area (Å²) in [5.41, 5.74) is 0. The van der Waals surface area contributed by atoms with E-state index < -0.39 is 35.2 Å². The molecule has 8 nitrogen and oxygen atoms in total. The molecule has 1 aliphatic heterocycles. The number of carbonyl (C=O) groups excluding carboxylic acids is 1. The molecule has 9 heteroatoms. The molecule has 0 saturated heterocycles. The van der Waals surface area contributed by atoms with Gasteiger partial charge < -0.3 is 9.47 Å². The minimum absolute atomic E-state index is 0.174. The summed E-state index contributed by atoms with van der Waals surface area (Å²) in [5.74, 6) is -0.940. The number of aliphatic imine (C=N–C) groups is 2. The van der Waals surface area contributed by atoms with Gasteiger partial charge in [0.1, 0.15) is 0 Å². The summed E-state index contributed by atoms with van der Waals surface area (Å²) < 4.78 is 10.2. The van der Waals surface area contributed by atoms with Crippen LogP contribution in [0.4, 0.5) is 0 Å². The van der Waals surface area contributed by atoms with Gasteiger partial charge in [-0.25, -0.2) is 9.98 Å². The largest absolute Gasteiger partial charge is 0.477 e. The molecule has 0 radical (unpaired) electrons. The molecule has 0 aromatic rings. The van der Waals surface area contributed by atoms with Crippen LogP contribution in [0.2, 0.25) is 0 Å². The standard InChI is InChI=1S/C12H16ClN3O5/c1-5-7(16(18)19)4-6-9(8(5)10(13)17)15-12(21-3)11(14-6)20-2/h5-9H,4H2,1-3H3. The maximum Gasteiger partial charge on any atom is 0.273 e. The molecule has 0 amide bonds. The van der Waals surface area contributed by atoms with E-state index in [1.165, 1.54) is 14.2 Å². The number of nitro groups is 1. The van der Waals surface area contributed by atoms with Crippen LogP contribution in [-0.2, 0) is 14.3 Å². The Bertz CT molecular complexity index is 521. The maximum atomic E-state index is 11.7. The van der Waals surface area contributed by atoms with E-state index in [2.05, 4.69) is 9.98 Å². The molecule has 0 spiro atoms. The van der Waals surface area contributed by atoms with Crippen molar-refractivity contribution in [1.29, 1.82) is 0 Å². The fraction of sp³-hybridized carbons (Fsp3) is 0.750. The van der Waals surface area contributed by atoms with Crippen LogP contribution in [0.5, 0.6) is 0 Å². The number of nitrogens with zero attached hydrogens (tertiary/aromatic N) is 3. The second-order valence-electron chi connectivity index (χ2n) is 5.11. The van der Waals surface area contributed by atoms with Crippen LogP contribution in [0.25, 0.3) is 0 Å². The van der Waals surface area contributed by atoms with E-state index in [1.54, 1.807) is 6.92 Å². The van der Waals surface area contributed by atoms with Crippen LogP contribution in [-0.4, -0.2) is 54.3 Å². The van der Waals surface area contributed by atoms with Gasteiger partial charge >= 0.3 is 0 Å². The number of ether oxygens (including phenoxy) is 2. The van der Waals surface area contributed by atoms with Gasteiger partial charge in [0.15, 0.2) is 0 Å². The van der Waals surface area contributed by atoms with E-state index in [9.17, 15) is 14.9 Å². The van der Waals surface area contributed by atoms with Crippen molar-refractivity contribution < 1.29 is 19.2 Å². The zero-order chi connectivity index (χ0) is 15.7. The first-order valence-electron chi connectivity index (χ1n) is 6.47. The Morgan fingerprint density at radius 1 is 1.33 bits per heavy atom. The Hall–Kier alpha value is -1.70. The van der Waals surface area contributed by atoms with Crippen molar-refractivity contribution in [3.05, 3.63) is 10.1 Å². The molecular weight excluding hydrogens is 302 g/mol. The zero-order valence-electron chi connectivity index (χ0n) is 11.9. The van der Waals surface area contributed by atoms with Crippen LogP contribution in [0, 0.1) is 22.0 Å². The number of fused-ring (bicyclic) bond motifs is 1. The van der Waals surface area contributed by atoms with E-state index in [-0.39, 0.29) is 23.1 Å². The first-order chi connectivity index (χ1) is 9.90. The minimum atomic E-state index is -0.889. The highest BCUT2D eigenvalue weighted by Crippen LogP contribution is 2.38. The summed E-state index contributed by atoms with van der Waals surface area (Å²) in [4.78, 5) is 31.2. The fourth-order valence-electron chi connectivity index (χ4n) is 2.98. The highest BCUT2D eigenvalue weighted by atomic mass is 35.5. The van der Waals surface area contributed by atoms with Gasteiger partial charge in [0.25, 0.3) is 11.8 Å². The van der Waals surface area contributed by atoms with Crippen molar-refractivity contribution in [3.8, 4) is 0 Å². The van der Waals surface area contributed by atoms with E-state index >= 15 is 0 Å². The maximum absolute atomic E-state index is 11.7. The normalized spacial score (nSPS) is 35.1. The first-order valence-corrected chi connectivity index (χ1v) is 6.85. The van der Waals surface area contributed by atoms with Gasteiger partial charge in [-0.1, -0.05) is 6.92 Å². The van der Waals surface area contributed by atoms with Crippen LogP contribution in [0.1, 0.15) is 13.3 Å². The predicted octanol–water partition coefficient (Wildman–Crippen LogP) is 0.894. The fourth-order valence-corrected chi connectivity index (χ4v) is 3.31. The molecule has 0 aromatic carbocycles. The lowest BCUT2D eigenvalue weighted by molar-refractivity contribution is -0.537. The molecule has 5 atom stereocenters. The summed E-state index contributed by atoms with van der Waals surface area (Å²) in [5, 5.41) is 10.6. The van der Waals surface area contributed by atoms with Crippen molar-refractivity contribution in [2.45, 2.75) is 31.5 Å². The molecule has 1 heterocycles. The molecule has 21 heavy (non-hydrogen) atoms. The summed E-state index contributed by atoms with van der Waals surface area (Å²) in [7, 11) is 2.83. The molecule has 116 valence electrons. The molecule has 1 saturated carbocycles. The van der Waals surface area contributed by atoms with Crippen molar-refractivity contribution >= 4 is 28.6 Å². The molecule has 0 N–H and O–H groups in total. The average Bonchev–Trinajstić information content (AvgIpc) is 2.44. The number of rotatable bonds is 2. The summed E-state index contributed by atoms with van der Waals surface area (Å²) in [6.45, 7) is 1.65. The second kappa shape index (κ2) is 5.97. The van der Waals surface area contributed by atoms with Gasteiger partial charge in [0.05, 0.1) is 32.2 Å². The van der Waals surface area contributed by atoms with Gasteiger partial charge in [0, 0.05) is 17.3 Å². The zero-order valence-corrected chi connectivity index (χ0v) is 12.6. The lowest BCUT2D eigenvalue weighted by Crippen LogP contribution is -2.53. The Kier molecular flexibility index (Phi) is 4.46. The van der Waals surface area contributed by atoms with Crippen molar-refractivity contribution in [2.75, 3.05) is 14.2 Å². The number of methoxy groups -OCH3 is 2. The van der Waals surface area contributed by atoms with Crippen molar-refractivity contribution in [1.82, 2.24) is 0 Å². The van der Waals surface area contributed by atoms with Crippen molar-refractivity contribution in [3.63, 3.8) is 0 Å². The van der Waals surface area contributed by atoms with Gasteiger partial charge in [-0.2, -0.15) is 0 Å². The lowest BCUT2D eigenvalue weighted by atomic mass is 9.72. The third-order valence-electron chi connectivity index (χ3n) is 4.07. The number of halogens is 1. The Morgan fingerprint density at radius 3 is 2.38 bits per heavy atom. The van der Waals surface area contributed by atoms with E-state index in [4.69, 9.17) is 21.1 Å². The topological polar surface area (TPSA) is 103 Å². The number of carbonyl (C=O) groups is 1. The third-order valence-corrected chi connectivity index (χ3v) is 4.32. The second-order valence-corrected chi connectivity index (χ2v) is 5.48. The van der Waals surface area contributed by atoms with Crippen LogP contribution >= 0.6 is 11.6 Å². The molecule has 1 aliphatic carbocycles. The summed E-state index contributed by atoms with van der Waals surface area (Å²) in [6, 6.07) is -1.96. The summed E-state index contributed by atoms with van der Waals surface area (Å²) >= 11 is 5.65. The molecular formula is C12H16ClN3O5. The van der Waals surface area contributed by atoms with Gasteiger partial charge in [-0.05, 0) is 11.6 Å². The Morgan fingerprint density at radius 2 is 1.90 bits per heavy atom. The predicted molar refractivity (Wildman–Crippen MR) is 75.4 cm³/mol. The minimum Gasteiger partial charge on any atom is -0.477 e. The Labute approximate surface area is 126 Å². The quantitative estimate of drug-likeness (QED) is 0.427. The third kappa shape index (κ3) is 2.72. The molecule has 1 fully saturated rings. The highest BCUT2D eigenvalue weighted by Gasteiger charge is 2.52. The number of hydrogen-bond acceptors (Lipinski definition) is 7. The van der Waals surface area contributed by atoms with Crippen LogP contribution in [0.15, 0.2) is 9.98 Å². The lowest BCUT2D eigenvalue weighted by Gasteiger charge is -2.39. The smallest absolute Gasteiger partial charge is 0.273 e. The van der Waals surface area contributed by atoms with Gasteiger partial charge in [-0.15, -0.1) is 0 Å². The van der Waals surface area contributed by atoms with E-state index in [1.807, 2.05) is 0 Å². The van der Waals surface area contributed by atoms with Gasteiger partial charge in [0.2, 0.25) is 11.3 Å². The molecule has 0 bridgehead atoms. The van der Waals surface area contributed by atoms with Crippen molar-refractivity contribution in [2.24, 2.45) is 21.8 Å². The monoisotopic (exact) mass is 317 g/mol. The van der Waals surface area contributed by atoms with Crippen LogP contribution < -0.4 is 0 Å². The highest BCUT2D eigenvalue weighted by molar-refractivity contribution is 6.64.